The van der Waals surface area contributed by atoms with E-state index in [-0.39, 0.29) is 17.9 Å². The van der Waals surface area contributed by atoms with Crippen LogP contribution in [0.15, 0.2) is 48.5 Å². The second kappa shape index (κ2) is 10.1. The van der Waals surface area contributed by atoms with Gasteiger partial charge in [-0.05, 0) is 57.4 Å². The Morgan fingerprint density at radius 1 is 1.03 bits per heavy atom. The molecule has 0 bridgehead atoms. The lowest BCUT2D eigenvalue weighted by Gasteiger charge is -2.32. The lowest BCUT2D eigenvalue weighted by molar-refractivity contribution is -0.122. The molecule has 1 saturated heterocycles. The van der Waals surface area contributed by atoms with Crippen LogP contribution < -0.4 is 10.1 Å². The summed E-state index contributed by atoms with van der Waals surface area (Å²) in [5.41, 5.74) is 3.02. The van der Waals surface area contributed by atoms with Crippen LogP contribution in [-0.4, -0.2) is 42.5 Å². The number of rotatable bonds is 7. The van der Waals surface area contributed by atoms with Crippen molar-refractivity contribution in [3.63, 3.8) is 0 Å². The number of hydrogen-bond donors (Lipinski definition) is 1. The first-order valence-corrected chi connectivity index (χ1v) is 10.4. The van der Waals surface area contributed by atoms with Crippen LogP contribution in [0.2, 0.25) is 0 Å². The maximum absolute atomic E-state index is 12.6. The van der Waals surface area contributed by atoms with Gasteiger partial charge < -0.3 is 15.0 Å². The quantitative estimate of drug-likeness (QED) is 0.725. The van der Waals surface area contributed by atoms with Gasteiger partial charge in [-0.15, -0.1) is 0 Å². The molecule has 1 aliphatic heterocycles. The number of piperidine rings is 1. The zero-order chi connectivity index (χ0) is 20.6. The summed E-state index contributed by atoms with van der Waals surface area (Å²) in [6, 6.07) is 15.7. The molecule has 1 heterocycles. The standard InChI is InChI=1S/C24H30N2O3/c1-18-8-10-22(11-9-18)29-16-4-7-23(27)25-21-12-14-26(15-13-21)24(28)20-6-3-5-19(2)17-20/h3,5-6,8-11,17,21H,4,7,12-16H2,1-2H3,(H,25,27). The number of benzene rings is 2. The highest BCUT2D eigenvalue weighted by atomic mass is 16.5. The number of aryl methyl sites for hydroxylation is 2. The van der Waals surface area contributed by atoms with E-state index in [1.807, 2.05) is 67.3 Å². The summed E-state index contributed by atoms with van der Waals surface area (Å²) >= 11 is 0. The van der Waals surface area contributed by atoms with Crippen LogP contribution in [0.25, 0.3) is 0 Å². The molecular weight excluding hydrogens is 364 g/mol. The summed E-state index contributed by atoms with van der Waals surface area (Å²) < 4.78 is 5.67. The van der Waals surface area contributed by atoms with Crippen molar-refractivity contribution >= 4 is 11.8 Å². The molecule has 5 nitrogen and oxygen atoms in total. The van der Waals surface area contributed by atoms with Crippen molar-refractivity contribution in [2.24, 2.45) is 0 Å². The van der Waals surface area contributed by atoms with E-state index in [0.717, 1.165) is 29.7 Å². The van der Waals surface area contributed by atoms with Gasteiger partial charge in [-0.3, -0.25) is 9.59 Å². The van der Waals surface area contributed by atoms with Gasteiger partial charge in [0.05, 0.1) is 6.61 Å². The third-order valence-corrected chi connectivity index (χ3v) is 5.25. The molecule has 0 atom stereocenters. The maximum Gasteiger partial charge on any atom is 0.253 e. The minimum atomic E-state index is 0.0565. The minimum absolute atomic E-state index is 0.0565. The first-order valence-electron chi connectivity index (χ1n) is 10.4. The van der Waals surface area contributed by atoms with Gasteiger partial charge in [0.2, 0.25) is 5.91 Å². The van der Waals surface area contributed by atoms with Crippen molar-refractivity contribution in [3.8, 4) is 5.75 Å². The van der Waals surface area contributed by atoms with Gasteiger partial charge in [-0.2, -0.15) is 0 Å². The highest BCUT2D eigenvalue weighted by molar-refractivity contribution is 5.94. The van der Waals surface area contributed by atoms with Gasteiger partial charge in [-0.25, -0.2) is 0 Å². The fraction of sp³-hybridized carbons (Fsp3) is 0.417. The molecule has 29 heavy (non-hydrogen) atoms. The zero-order valence-corrected chi connectivity index (χ0v) is 17.3. The van der Waals surface area contributed by atoms with Gasteiger partial charge in [0.15, 0.2) is 0 Å². The van der Waals surface area contributed by atoms with E-state index in [1.54, 1.807) is 0 Å². The maximum atomic E-state index is 12.6. The number of ether oxygens (including phenoxy) is 1. The first-order chi connectivity index (χ1) is 14.0. The summed E-state index contributed by atoms with van der Waals surface area (Å²) in [6.45, 7) is 5.91. The molecule has 1 N–H and O–H groups in total. The monoisotopic (exact) mass is 394 g/mol. The van der Waals surface area contributed by atoms with Crippen molar-refractivity contribution in [2.75, 3.05) is 19.7 Å². The van der Waals surface area contributed by atoms with Crippen LogP contribution in [0.3, 0.4) is 0 Å². The molecule has 154 valence electrons. The number of nitrogens with zero attached hydrogens (tertiary/aromatic N) is 1. The Kier molecular flexibility index (Phi) is 7.28. The van der Waals surface area contributed by atoms with E-state index in [2.05, 4.69) is 5.32 Å². The van der Waals surface area contributed by atoms with E-state index in [9.17, 15) is 9.59 Å². The zero-order valence-electron chi connectivity index (χ0n) is 17.3. The van der Waals surface area contributed by atoms with Crippen LogP contribution >= 0.6 is 0 Å². The molecule has 3 rings (SSSR count). The largest absolute Gasteiger partial charge is 0.494 e. The lowest BCUT2D eigenvalue weighted by atomic mass is 10.0. The average Bonchev–Trinajstić information content (AvgIpc) is 2.72. The van der Waals surface area contributed by atoms with E-state index < -0.39 is 0 Å². The number of nitrogens with one attached hydrogen (secondary N) is 1. The lowest BCUT2D eigenvalue weighted by Crippen LogP contribution is -2.46. The molecule has 1 fully saturated rings. The van der Waals surface area contributed by atoms with Crippen molar-refractivity contribution in [1.82, 2.24) is 10.2 Å². The molecule has 5 heteroatoms. The molecule has 1 aliphatic rings. The van der Waals surface area contributed by atoms with Crippen molar-refractivity contribution in [2.45, 2.75) is 45.6 Å². The topological polar surface area (TPSA) is 58.6 Å². The van der Waals surface area contributed by atoms with Crippen LogP contribution in [0.5, 0.6) is 5.75 Å². The fourth-order valence-electron chi connectivity index (χ4n) is 3.54. The Balaban J connectivity index is 1.34. The number of carbonyl (C=O) groups excluding carboxylic acids is 2. The van der Waals surface area contributed by atoms with Crippen molar-refractivity contribution < 1.29 is 14.3 Å². The second-order valence-electron chi connectivity index (χ2n) is 7.77. The van der Waals surface area contributed by atoms with Crippen LogP contribution in [0.1, 0.15) is 47.2 Å². The van der Waals surface area contributed by atoms with E-state index in [1.165, 1.54) is 5.56 Å². The smallest absolute Gasteiger partial charge is 0.253 e. The summed E-state index contributed by atoms with van der Waals surface area (Å²) in [5.74, 6) is 0.967. The summed E-state index contributed by atoms with van der Waals surface area (Å²) in [5, 5.41) is 3.10. The van der Waals surface area contributed by atoms with Gasteiger partial charge >= 0.3 is 0 Å². The second-order valence-corrected chi connectivity index (χ2v) is 7.77. The predicted molar refractivity (Wildman–Crippen MR) is 114 cm³/mol. The Morgan fingerprint density at radius 2 is 1.76 bits per heavy atom. The molecule has 0 unspecified atom stereocenters. The van der Waals surface area contributed by atoms with Crippen molar-refractivity contribution in [3.05, 3.63) is 65.2 Å². The highest BCUT2D eigenvalue weighted by Crippen LogP contribution is 2.15. The summed E-state index contributed by atoms with van der Waals surface area (Å²) in [4.78, 5) is 26.7. The molecule has 0 spiro atoms. The Morgan fingerprint density at radius 3 is 2.45 bits per heavy atom. The SMILES string of the molecule is Cc1ccc(OCCCC(=O)NC2CCN(C(=O)c3cccc(C)c3)CC2)cc1. The van der Waals surface area contributed by atoms with E-state index >= 15 is 0 Å². The van der Waals surface area contributed by atoms with Gasteiger partial charge in [0.25, 0.3) is 5.91 Å². The van der Waals surface area contributed by atoms with Gasteiger partial charge in [0, 0.05) is 31.1 Å². The molecule has 0 saturated carbocycles. The number of likely N-dealkylation sites (tertiary alicyclic amines) is 1. The molecular formula is C24H30N2O3. The molecule has 0 aliphatic carbocycles. The molecule has 0 aromatic heterocycles. The third kappa shape index (κ3) is 6.34. The van der Waals surface area contributed by atoms with E-state index in [4.69, 9.17) is 4.74 Å². The normalized spacial score (nSPS) is 14.5. The summed E-state index contributed by atoms with van der Waals surface area (Å²) in [6.07, 6.45) is 2.73. The summed E-state index contributed by atoms with van der Waals surface area (Å²) in [7, 11) is 0. The van der Waals surface area contributed by atoms with Crippen LogP contribution in [0.4, 0.5) is 0 Å². The number of amides is 2. The van der Waals surface area contributed by atoms with E-state index in [0.29, 0.717) is 32.5 Å². The minimum Gasteiger partial charge on any atom is -0.494 e. The molecule has 2 aromatic carbocycles. The molecule has 2 amide bonds. The van der Waals surface area contributed by atoms with Crippen LogP contribution in [-0.2, 0) is 4.79 Å². The Bertz CT molecular complexity index is 824. The number of hydrogen-bond acceptors (Lipinski definition) is 3. The van der Waals surface area contributed by atoms with Gasteiger partial charge in [0.1, 0.15) is 5.75 Å². The number of carbonyl (C=O) groups is 2. The Labute approximate surface area is 173 Å². The average molecular weight is 395 g/mol. The Hall–Kier alpha value is -2.82. The predicted octanol–water partition coefficient (Wildman–Crippen LogP) is 3.88. The third-order valence-electron chi connectivity index (χ3n) is 5.25. The molecule has 0 radical (unpaired) electrons. The molecule has 2 aromatic rings. The van der Waals surface area contributed by atoms with Crippen molar-refractivity contribution in [1.29, 1.82) is 0 Å². The highest BCUT2D eigenvalue weighted by Gasteiger charge is 2.24. The first kappa shape index (κ1) is 20.9. The fourth-order valence-corrected chi connectivity index (χ4v) is 3.54. The van der Waals surface area contributed by atoms with Gasteiger partial charge in [-0.1, -0.05) is 35.4 Å². The van der Waals surface area contributed by atoms with Crippen LogP contribution in [0, 0.1) is 13.8 Å².